The fourth-order valence-corrected chi connectivity index (χ4v) is 5.63. The molecule has 302 valence electrons. The van der Waals surface area contributed by atoms with E-state index < -0.39 is 53.5 Å². The van der Waals surface area contributed by atoms with Crippen molar-refractivity contribution < 1.29 is 57.1 Å². The zero-order valence-electron chi connectivity index (χ0n) is 33.7. The molecule has 1 amide bonds. The predicted octanol–water partition coefficient (Wildman–Crippen LogP) is 6.71. The summed E-state index contributed by atoms with van der Waals surface area (Å²) in [6.07, 6.45) is 6.53. The first-order valence-electron chi connectivity index (χ1n) is 18.3. The molecule has 0 aliphatic carbocycles. The highest BCUT2D eigenvalue weighted by atomic mass is 16.8. The molecule has 55 heavy (non-hydrogen) atoms. The van der Waals surface area contributed by atoms with Crippen LogP contribution in [0.5, 0.6) is 11.5 Å². The van der Waals surface area contributed by atoms with Crippen molar-refractivity contribution in [2.75, 3.05) is 27.1 Å². The predicted molar refractivity (Wildman–Crippen MR) is 201 cm³/mol. The number of cyclic esters (lactones) is 1. The molecule has 2 aliphatic rings. The zero-order valence-corrected chi connectivity index (χ0v) is 33.7. The Bertz CT molecular complexity index is 1750. The number of ketones is 1. The highest BCUT2D eigenvalue weighted by molar-refractivity contribution is 5.97. The number of esters is 1. The Morgan fingerprint density at radius 3 is 2.38 bits per heavy atom. The molecule has 15 nitrogen and oxygen atoms in total. The van der Waals surface area contributed by atoms with Crippen LogP contribution >= 0.6 is 0 Å². The number of imidazole rings is 1. The number of carbonyl (C=O) groups is 4. The number of amides is 1. The molecule has 1 aromatic heterocycles. The molecule has 3 unspecified atom stereocenters. The first-order chi connectivity index (χ1) is 25.7. The molecule has 4 rings (SSSR count). The molecule has 2 aromatic rings. The van der Waals surface area contributed by atoms with Crippen molar-refractivity contribution in [3.63, 3.8) is 0 Å². The van der Waals surface area contributed by atoms with Crippen LogP contribution in [-0.2, 0) is 39.8 Å². The van der Waals surface area contributed by atoms with Gasteiger partial charge in [0, 0.05) is 31.5 Å². The van der Waals surface area contributed by atoms with Gasteiger partial charge in [-0.05, 0) is 86.4 Å². The van der Waals surface area contributed by atoms with Gasteiger partial charge in [0.25, 0.3) is 0 Å². The Hall–Kier alpha value is -4.73. The maximum Gasteiger partial charge on any atom is 0.420 e. The fraction of sp³-hybridized carbons (Fsp3) is 0.575. The van der Waals surface area contributed by atoms with Crippen molar-refractivity contribution in [1.29, 1.82) is 0 Å². The van der Waals surface area contributed by atoms with Crippen LogP contribution in [0.1, 0.15) is 97.4 Å². The smallest absolute Gasteiger partial charge is 0.420 e. The zero-order chi connectivity index (χ0) is 40.7. The van der Waals surface area contributed by atoms with E-state index >= 15 is 0 Å². The largest absolute Gasteiger partial charge is 0.492 e. The summed E-state index contributed by atoms with van der Waals surface area (Å²) in [4.78, 5) is 59.0. The average molecular weight is 770 g/mol. The van der Waals surface area contributed by atoms with Crippen molar-refractivity contribution in [2.24, 2.45) is 5.92 Å². The Morgan fingerprint density at radius 2 is 1.71 bits per heavy atom. The number of hydrogen-bond donors (Lipinski definition) is 0. The number of ether oxygens (including phenoxy) is 8. The molecule has 1 saturated heterocycles. The third kappa shape index (κ3) is 12.4. The number of fused-ring (bicyclic) bond motifs is 2. The SMILES string of the molecule is COCOc1cc(OCCN(Cc2nccn2C(=O)OC(C)(C)C)C(=O)OC(C)(C)C)cc2c1C(=O)OC(C)[C@H](C)/C=C\C(=O)C1OC(C)(C)OC1CC=C2. The van der Waals surface area contributed by atoms with Gasteiger partial charge in [0.05, 0.1) is 19.2 Å². The maximum atomic E-state index is 13.8. The van der Waals surface area contributed by atoms with Crippen LogP contribution in [0.25, 0.3) is 6.08 Å². The third-order valence-corrected chi connectivity index (χ3v) is 8.29. The van der Waals surface area contributed by atoms with Gasteiger partial charge >= 0.3 is 18.2 Å². The van der Waals surface area contributed by atoms with Crippen LogP contribution in [0.15, 0.2) is 42.8 Å². The Morgan fingerprint density at radius 1 is 1.00 bits per heavy atom. The highest BCUT2D eigenvalue weighted by Gasteiger charge is 2.43. The molecule has 0 saturated carbocycles. The molecular weight excluding hydrogens is 714 g/mol. The van der Waals surface area contributed by atoms with E-state index in [0.717, 1.165) is 0 Å². The number of benzene rings is 1. The number of methoxy groups -OCH3 is 1. The van der Waals surface area contributed by atoms with Gasteiger partial charge in [-0.1, -0.05) is 25.2 Å². The molecule has 3 heterocycles. The molecule has 15 heteroatoms. The summed E-state index contributed by atoms with van der Waals surface area (Å²) in [5.41, 5.74) is -1.01. The van der Waals surface area contributed by atoms with Crippen molar-refractivity contribution in [3.05, 3.63) is 59.7 Å². The van der Waals surface area contributed by atoms with Gasteiger partial charge in [0.2, 0.25) is 0 Å². The third-order valence-electron chi connectivity index (χ3n) is 8.29. The second kappa shape index (κ2) is 17.8. The minimum Gasteiger partial charge on any atom is -0.492 e. The second-order valence-electron chi connectivity index (χ2n) is 15.8. The molecule has 4 atom stereocenters. The van der Waals surface area contributed by atoms with Gasteiger partial charge < -0.3 is 37.9 Å². The van der Waals surface area contributed by atoms with E-state index in [0.29, 0.717) is 11.3 Å². The number of carbonyl (C=O) groups excluding carboxylic acids is 4. The lowest BCUT2D eigenvalue weighted by atomic mass is 9.99. The molecule has 1 fully saturated rings. The summed E-state index contributed by atoms with van der Waals surface area (Å²) in [6.45, 7) is 17.3. The first-order valence-corrected chi connectivity index (χ1v) is 18.3. The number of hydrogen-bond acceptors (Lipinski definition) is 13. The Labute approximate surface area is 322 Å². The highest BCUT2D eigenvalue weighted by Crippen LogP contribution is 2.34. The minimum absolute atomic E-state index is 0.0203. The summed E-state index contributed by atoms with van der Waals surface area (Å²) in [5.74, 6) is -1.47. The summed E-state index contributed by atoms with van der Waals surface area (Å²) in [6, 6.07) is 3.19. The van der Waals surface area contributed by atoms with Crippen LogP contribution in [-0.4, -0.2) is 101 Å². The molecular formula is C40H55N3O12. The summed E-state index contributed by atoms with van der Waals surface area (Å²) in [7, 11) is 1.45. The standard InChI is InChI=1S/C40H55N3O12/c1-25-15-16-29(44)34-30(52-40(9,10)53-34)14-12-13-27-21-28(22-31(50-24-48-11)33(27)35(45)51-26(25)2)49-20-19-42(36(46)54-38(3,4)5)23-32-41-17-18-43(32)37(47)55-39(6,7)8/h12-13,15-18,21-22,25-26,30,34H,14,19-20,23-24H2,1-11H3/b13-12?,16-15-/t25-,26?,30?,34?/m1/s1. The van der Waals surface area contributed by atoms with Crippen LogP contribution in [0.4, 0.5) is 9.59 Å². The summed E-state index contributed by atoms with van der Waals surface area (Å²) < 4.78 is 47.6. The summed E-state index contributed by atoms with van der Waals surface area (Å²) >= 11 is 0. The average Bonchev–Trinajstić information content (AvgIpc) is 3.66. The number of nitrogens with zero attached hydrogens (tertiary/aromatic N) is 3. The monoisotopic (exact) mass is 769 g/mol. The topological polar surface area (TPSA) is 163 Å². The molecule has 0 bridgehead atoms. The van der Waals surface area contributed by atoms with E-state index in [1.165, 1.54) is 35.0 Å². The van der Waals surface area contributed by atoms with E-state index in [-0.39, 0.29) is 61.7 Å². The van der Waals surface area contributed by atoms with Gasteiger partial charge in [-0.2, -0.15) is 0 Å². The van der Waals surface area contributed by atoms with Crippen molar-refractivity contribution >= 4 is 30.0 Å². The lowest BCUT2D eigenvalue weighted by Crippen LogP contribution is -2.39. The normalized spacial score (nSPS) is 22.1. The van der Waals surface area contributed by atoms with Crippen LogP contribution in [0.2, 0.25) is 0 Å². The van der Waals surface area contributed by atoms with Gasteiger partial charge in [0.1, 0.15) is 52.9 Å². The first kappa shape index (κ1) is 43.0. The van der Waals surface area contributed by atoms with Gasteiger partial charge in [0.15, 0.2) is 18.4 Å². The van der Waals surface area contributed by atoms with Crippen molar-refractivity contribution in [1.82, 2.24) is 14.5 Å². The van der Waals surface area contributed by atoms with Crippen molar-refractivity contribution in [2.45, 2.75) is 118 Å². The van der Waals surface area contributed by atoms with Crippen LogP contribution in [0.3, 0.4) is 0 Å². The molecule has 0 radical (unpaired) electrons. The van der Waals surface area contributed by atoms with Gasteiger partial charge in [-0.25, -0.2) is 23.9 Å². The van der Waals surface area contributed by atoms with E-state index in [2.05, 4.69) is 4.98 Å². The van der Waals surface area contributed by atoms with E-state index in [1.54, 1.807) is 92.7 Å². The number of aromatic nitrogens is 2. The lowest BCUT2D eigenvalue weighted by Gasteiger charge is -2.27. The van der Waals surface area contributed by atoms with Gasteiger partial charge in [-0.15, -0.1) is 0 Å². The summed E-state index contributed by atoms with van der Waals surface area (Å²) in [5, 5.41) is 0. The van der Waals surface area contributed by atoms with E-state index in [1.807, 2.05) is 6.92 Å². The van der Waals surface area contributed by atoms with Crippen LogP contribution < -0.4 is 9.47 Å². The quantitative estimate of drug-likeness (QED) is 0.150. The Balaban J connectivity index is 1.66. The lowest BCUT2D eigenvalue weighted by molar-refractivity contribution is -0.152. The van der Waals surface area contributed by atoms with Crippen LogP contribution in [0, 0.1) is 5.92 Å². The maximum absolute atomic E-state index is 13.8. The Kier molecular flexibility index (Phi) is 13.9. The van der Waals surface area contributed by atoms with E-state index in [4.69, 9.17) is 37.9 Å². The number of rotatable bonds is 9. The molecule has 0 spiro atoms. The molecule has 1 aromatic carbocycles. The molecule has 2 aliphatic heterocycles. The van der Waals surface area contributed by atoms with Gasteiger partial charge in [-0.3, -0.25) is 9.69 Å². The minimum atomic E-state index is -0.971. The second-order valence-corrected chi connectivity index (χ2v) is 15.8. The van der Waals surface area contributed by atoms with E-state index in [9.17, 15) is 19.2 Å². The van der Waals surface area contributed by atoms with Crippen molar-refractivity contribution in [3.8, 4) is 11.5 Å². The fourth-order valence-electron chi connectivity index (χ4n) is 5.63. The molecule has 0 N–H and O–H groups in total.